The predicted octanol–water partition coefficient (Wildman–Crippen LogP) is 2.64. The third-order valence-electron chi connectivity index (χ3n) is 3.89. The van der Waals surface area contributed by atoms with Crippen LogP contribution in [0.1, 0.15) is 12.0 Å². The molecule has 0 amide bonds. The molecule has 0 radical (unpaired) electrons. The van der Waals surface area contributed by atoms with E-state index in [1.807, 2.05) is 18.2 Å². The van der Waals surface area contributed by atoms with Gasteiger partial charge in [0.15, 0.2) is 0 Å². The van der Waals surface area contributed by atoms with Gasteiger partial charge in [0.25, 0.3) is 0 Å². The molecule has 0 spiro atoms. The Morgan fingerprint density at radius 1 is 1.28 bits per heavy atom. The van der Waals surface area contributed by atoms with Crippen LogP contribution in [0.3, 0.4) is 0 Å². The van der Waals surface area contributed by atoms with E-state index in [1.165, 1.54) is 5.56 Å². The summed E-state index contributed by atoms with van der Waals surface area (Å²) in [5.74, 6) is 0. The molecule has 1 atom stereocenters. The topological polar surface area (TPSA) is 21.7 Å². The van der Waals surface area contributed by atoms with Gasteiger partial charge in [0.2, 0.25) is 0 Å². The van der Waals surface area contributed by atoms with Crippen molar-refractivity contribution >= 4 is 14.3 Å². The molecule has 0 aromatic heterocycles. The summed E-state index contributed by atoms with van der Waals surface area (Å²) in [4.78, 5) is 2.31. The molecular formula is C14H21NO2Si. The summed E-state index contributed by atoms with van der Waals surface area (Å²) < 4.78 is 11.3. The lowest BCUT2D eigenvalue weighted by Gasteiger charge is -2.49. The molecule has 1 saturated heterocycles. The van der Waals surface area contributed by atoms with E-state index in [0.29, 0.717) is 5.67 Å². The molecule has 18 heavy (non-hydrogen) atoms. The molecular weight excluding hydrogens is 242 g/mol. The van der Waals surface area contributed by atoms with Gasteiger partial charge in [-0.3, -0.25) is 0 Å². The van der Waals surface area contributed by atoms with Gasteiger partial charge in [0, 0.05) is 26.5 Å². The van der Waals surface area contributed by atoms with Crippen LogP contribution in [0.15, 0.2) is 36.9 Å². The van der Waals surface area contributed by atoms with Crippen LogP contribution in [-0.2, 0) is 8.85 Å². The molecule has 2 rings (SSSR count). The van der Waals surface area contributed by atoms with E-state index >= 15 is 0 Å². The summed E-state index contributed by atoms with van der Waals surface area (Å²) in [5, 5.41) is 0. The van der Waals surface area contributed by atoms with Crippen molar-refractivity contribution in [2.75, 3.05) is 20.8 Å². The fraction of sp³-hybridized carbons (Fsp3) is 0.429. The summed E-state index contributed by atoms with van der Waals surface area (Å²) >= 11 is 0. The van der Waals surface area contributed by atoms with Gasteiger partial charge in [-0.25, -0.2) is 0 Å². The number of hydrogen-bond acceptors (Lipinski definition) is 3. The molecule has 0 bridgehead atoms. The first kappa shape index (κ1) is 13.3. The zero-order chi connectivity index (χ0) is 13.2. The largest absolute Gasteiger partial charge is 0.397 e. The minimum Gasteiger partial charge on any atom is -0.397 e. The minimum atomic E-state index is -2.11. The highest BCUT2D eigenvalue weighted by molar-refractivity contribution is 6.68. The van der Waals surface area contributed by atoms with E-state index in [1.54, 1.807) is 14.2 Å². The fourth-order valence-corrected chi connectivity index (χ4v) is 4.62. The van der Waals surface area contributed by atoms with Crippen molar-refractivity contribution in [3.8, 4) is 0 Å². The van der Waals surface area contributed by atoms with Gasteiger partial charge < -0.3 is 13.8 Å². The number of rotatable bonds is 5. The highest BCUT2D eigenvalue weighted by Crippen LogP contribution is 2.34. The van der Waals surface area contributed by atoms with Gasteiger partial charge in [-0.1, -0.05) is 36.9 Å². The van der Waals surface area contributed by atoms with Crippen LogP contribution < -0.4 is 0 Å². The van der Waals surface area contributed by atoms with Crippen molar-refractivity contribution in [3.05, 3.63) is 42.5 Å². The Labute approximate surface area is 110 Å². The number of likely N-dealkylation sites (tertiary alicyclic amines) is 1. The van der Waals surface area contributed by atoms with Gasteiger partial charge in [-0.2, -0.15) is 0 Å². The molecule has 1 unspecified atom stereocenters. The molecule has 98 valence electrons. The van der Waals surface area contributed by atoms with E-state index < -0.39 is 8.56 Å². The van der Waals surface area contributed by atoms with Gasteiger partial charge in [-0.05, 0) is 18.5 Å². The molecule has 0 saturated carbocycles. The van der Waals surface area contributed by atoms with E-state index in [9.17, 15) is 0 Å². The van der Waals surface area contributed by atoms with E-state index in [2.05, 4.69) is 30.2 Å². The Kier molecular flexibility index (Phi) is 3.90. The first-order chi connectivity index (χ1) is 8.62. The van der Waals surface area contributed by atoms with Crippen LogP contribution in [0.2, 0.25) is 6.55 Å². The number of hydrogen-bond donors (Lipinski definition) is 0. The van der Waals surface area contributed by atoms with Crippen LogP contribution >= 0.6 is 0 Å². The summed E-state index contributed by atoms with van der Waals surface area (Å²) in [5.41, 5.74) is 2.60. The smallest absolute Gasteiger partial charge is 0.357 e. The van der Waals surface area contributed by atoms with Gasteiger partial charge in [0.05, 0.1) is 5.67 Å². The molecule has 1 aromatic carbocycles. The molecule has 1 aliphatic rings. The molecule has 3 nitrogen and oxygen atoms in total. The van der Waals surface area contributed by atoms with Crippen molar-refractivity contribution < 1.29 is 8.85 Å². The lowest BCUT2D eigenvalue weighted by molar-refractivity contribution is 0.144. The predicted molar refractivity (Wildman–Crippen MR) is 76.2 cm³/mol. The highest BCUT2D eigenvalue weighted by atomic mass is 28.4. The first-order valence-electron chi connectivity index (χ1n) is 6.23. The van der Waals surface area contributed by atoms with Crippen molar-refractivity contribution in [2.45, 2.75) is 18.6 Å². The Morgan fingerprint density at radius 3 is 2.33 bits per heavy atom. The normalized spacial score (nSPS) is 19.5. The monoisotopic (exact) mass is 263 g/mol. The van der Waals surface area contributed by atoms with Crippen LogP contribution in [0, 0.1) is 0 Å². The quantitative estimate of drug-likeness (QED) is 0.762. The van der Waals surface area contributed by atoms with Crippen molar-refractivity contribution in [3.63, 3.8) is 0 Å². The first-order valence-corrected chi connectivity index (χ1v) is 8.63. The number of nitrogens with zero attached hydrogens (tertiary/aromatic N) is 1. The molecule has 1 heterocycles. The maximum atomic E-state index is 5.64. The third-order valence-corrected chi connectivity index (χ3v) is 7.32. The molecule has 1 fully saturated rings. The molecule has 4 heteroatoms. The van der Waals surface area contributed by atoms with E-state index in [0.717, 1.165) is 18.7 Å². The molecule has 1 aliphatic heterocycles. The zero-order valence-electron chi connectivity index (χ0n) is 11.3. The highest BCUT2D eigenvalue weighted by Gasteiger charge is 2.48. The second kappa shape index (κ2) is 5.26. The van der Waals surface area contributed by atoms with E-state index in [-0.39, 0.29) is 0 Å². The number of benzene rings is 1. The minimum absolute atomic E-state index is 0.361. The summed E-state index contributed by atoms with van der Waals surface area (Å²) in [6, 6.07) is 10.3. The van der Waals surface area contributed by atoms with Crippen LogP contribution in [0.5, 0.6) is 0 Å². The molecule has 0 aliphatic carbocycles. The Morgan fingerprint density at radius 2 is 1.89 bits per heavy atom. The maximum absolute atomic E-state index is 5.64. The van der Waals surface area contributed by atoms with Crippen molar-refractivity contribution in [2.24, 2.45) is 0 Å². The summed E-state index contributed by atoms with van der Waals surface area (Å²) in [7, 11) is 1.39. The zero-order valence-corrected chi connectivity index (χ0v) is 12.3. The van der Waals surface area contributed by atoms with Crippen LogP contribution in [-0.4, -0.2) is 39.9 Å². The van der Waals surface area contributed by atoms with Gasteiger partial charge in [0.1, 0.15) is 0 Å². The second-order valence-electron chi connectivity index (χ2n) is 4.73. The van der Waals surface area contributed by atoms with Gasteiger partial charge >= 0.3 is 8.56 Å². The molecule has 0 N–H and O–H groups in total. The average molecular weight is 263 g/mol. The SMILES string of the molecule is C=C(c1ccccc1)N1CCC1[Si](C)(OC)OC. The maximum Gasteiger partial charge on any atom is 0.357 e. The Bertz CT molecular complexity index is 417. The lowest BCUT2D eigenvalue weighted by atomic mass is 10.1. The average Bonchev–Trinajstić information content (AvgIpc) is 2.38. The fourth-order valence-electron chi connectivity index (χ4n) is 2.41. The molecule has 1 aromatic rings. The van der Waals surface area contributed by atoms with Crippen LogP contribution in [0.25, 0.3) is 5.70 Å². The summed E-state index contributed by atoms with van der Waals surface area (Å²) in [6.45, 7) is 7.36. The lowest BCUT2D eigenvalue weighted by Crippen LogP contribution is -2.63. The van der Waals surface area contributed by atoms with Crippen LogP contribution in [0.4, 0.5) is 0 Å². The van der Waals surface area contributed by atoms with Crippen molar-refractivity contribution in [1.82, 2.24) is 4.90 Å². The van der Waals surface area contributed by atoms with E-state index in [4.69, 9.17) is 8.85 Å². The standard InChI is InChI=1S/C14H21NO2Si/c1-12(13-8-6-5-7-9-13)15-11-10-14(15)18(4,16-2)17-3/h5-9,14H,1,10-11H2,2-4H3. The third kappa shape index (κ3) is 2.23. The Balaban J connectivity index is 2.14. The van der Waals surface area contributed by atoms with Gasteiger partial charge in [-0.15, -0.1) is 0 Å². The second-order valence-corrected chi connectivity index (χ2v) is 8.25. The van der Waals surface area contributed by atoms with Crippen molar-refractivity contribution in [1.29, 1.82) is 0 Å². The Hall–Kier alpha value is -1.10. The summed E-state index contributed by atoms with van der Waals surface area (Å²) in [6.07, 6.45) is 1.12.